The van der Waals surface area contributed by atoms with Crippen LogP contribution in [0.4, 0.5) is 23.5 Å². The van der Waals surface area contributed by atoms with Crippen LogP contribution in [0, 0.1) is 12.8 Å². The molecule has 1 aliphatic rings. The number of hydrogen-bond acceptors (Lipinski definition) is 7. The molecule has 4 aromatic carbocycles. The van der Waals surface area contributed by atoms with Crippen LogP contribution in [0.3, 0.4) is 0 Å². The lowest BCUT2D eigenvalue weighted by Gasteiger charge is -2.32. The summed E-state index contributed by atoms with van der Waals surface area (Å²) in [7, 11) is 0. The van der Waals surface area contributed by atoms with Crippen molar-refractivity contribution in [3.8, 4) is 0 Å². The normalized spacial score (nSPS) is 13.7. The van der Waals surface area contributed by atoms with Crippen LogP contribution in [-0.2, 0) is 6.42 Å². The quantitative estimate of drug-likeness (QED) is 0.151. The number of hydrogen-bond donors (Lipinski definition) is 2. The van der Waals surface area contributed by atoms with E-state index in [9.17, 15) is 0 Å². The fourth-order valence-electron chi connectivity index (χ4n) is 5.19. The summed E-state index contributed by atoms with van der Waals surface area (Å²) in [5, 5.41) is 10.2. The van der Waals surface area contributed by atoms with E-state index in [2.05, 4.69) is 99.4 Å². The Bertz CT molecular complexity index is 1590. The molecule has 1 fully saturated rings. The van der Waals surface area contributed by atoms with Gasteiger partial charge >= 0.3 is 0 Å². The molecular formula is C33H34ClN7. The molecule has 8 heteroatoms. The minimum absolute atomic E-state index is 0. The van der Waals surface area contributed by atoms with E-state index in [1.807, 2.05) is 36.5 Å². The van der Waals surface area contributed by atoms with E-state index in [-0.39, 0.29) is 12.4 Å². The Hall–Kier alpha value is -4.49. The molecule has 208 valence electrons. The number of aromatic nitrogens is 3. The number of fused-ring (bicyclic) bond motifs is 1. The molecule has 0 saturated carbocycles. The lowest BCUT2D eigenvalue weighted by molar-refractivity contribution is 0.400. The van der Waals surface area contributed by atoms with E-state index in [1.165, 1.54) is 16.5 Å². The summed E-state index contributed by atoms with van der Waals surface area (Å²) < 4.78 is 0. The SMILES string of the molecule is Cc1ccc(Nc2nc(N/N=C/c3cccc4ccccc34)nc(N3CCC(Cc4ccccc4)CC3)n2)cc1.Cl. The van der Waals surface area contributed by atoms with E-state index in [0.717, 1.165) is 49.0 Å². The molecule has 0 bridgehead atoms. The van der Waals surface area contributed by atoms with Crippen LogP contribution in [0.2, 0.25) is 0 Å². The summed E-state index contributed by atoms with van der Waals surface area (Å²) in [4.78, 5) is 16.4. The first kappa shape index (κ1) is 28.1. The molecule has 0 spiro atoms. The third-order valence-corrected chi connectivity index (χ3v) is 7.39. The summed E-state index contributed by atoms with van der Waals surface area (Å²) in [6.45, 7) is 3.89. The van der Waals surface area contributed by atoms with E-state index >= 15 is 0 Å². The highest BCUT2D eigenvalue weighted by Crippen LogP contribution is 2.26. The van der Waals surface area contributed by atoms with Gasteiger partial charge in [-0.1, -0.05) is 90.5 Å². The van der Waals surface area contributed by atoms with Crippen molar-refractivity contribution in [2.75, 3.05) is 28.7 Å². The van der Waals surface area contributed by atoms with Gasteiger partial charge in [-0.3, -0.25) is 0 Å². The smallest absolute Gasteiger partial charge is 0.250 e. The molecule has 0 aliphatic carbocycles. The molecule has 0 amide bonds. The van der Waals surface area contributed by atoms with Crippen molar-refractivity contribution in [2.45, 2.75) is 26.2 Å². The average molecular weight is 564 g/mol. The van der Waals surface area contributed by atoms with Gasteiger partial charge in [0.1, 0.15) is 0 Å². The first-order chi connectivity index (χ1) is 19.7. The number of nitrogens with one attached hydrogen (secondary N) is 2. The molecular weight excluding hydrogens is 530 g/mol. The topological polar surface area (TPSA) is 78.3 Å². The zero-order chi connectivity index (χ0) is 27.1. The maximum atomic E-state index is 4.79. The van der Waals surface area contributed by atoms with Crippen molar-refractivity contribution in [1.29, 1.82) is 0 Å². The molecule has 1 aliphatic heterocycles. The van der Waals surface area contributed by atoms with Gasteiger partial charge in [-0.2, -0.15) is 20.1 Å². The fourth-order valence-corrected chi connectivity index (χ4v) is 5.19. The number of hydrazone groups is 1. The highest BCUT2D eigenvalue weighted by molar-refractivity contribution is 5.99. The van der Waals surface area contributed by atoms with Crippen LogP contribution < -0.4 is 15.6 Å². The third-order valence-electron chi connectivity index (χ3n) is 7.39. The summed E-state index contributed by atoms with van der Waals surface area (Å²) >= 11 is 0. The Morgan fingerprint density at radius 2 is 1.51 bits per heavy atom. The standard InChI is InChI=1S/C33H33N7.ClH/c1-24-14-16-29(17-15-24)35-31-36-32(39-34-23-28-12-7-11-27-10-5-6-13-30(27)28)38-33(37-31)40-20-18-26(19-21-40)22-25-8-3-2-4-9-25;/h2-17,23,26H,18-22H2,1H3,(H2,35,36,37,38,39);1H/b34-23+;. The fraction of sp³-hybridized carbons (Fsp3) is 0.212. The Labute approximate surface area is 247 Å². The highest BCUT2D eigenvalue weighted by Gasteiger charge is 2.22. The molecule has 7 nitrogen and oxygen atoms in total. The number of nitrogens with zero attached hydrogens (tertiary/aromatic N) is 5. The van der Waals surface area contributed by atoms with Crippen molar-refractivity contribution in [1.82, 2.24) is 15.0 Å². The van der Waals surface area contributed by atoms with Crippen LogP contribution in [0.15, 0.2) is 102 Å². The van der Waals surface area contributed by atoms with Crippen molar-refractivity contribution in [3.05, 3.63) is 114 Å². The zero-order valence-corrected chi connectivity index (χ0v) is 23.9. The van der Waals surface area contributed by atoms with Crippen molar-refractivity contribution in [3.63, 3.8) is 0 Å². The Kier molecular flexibility index (Phi) is 9.06. The van der Waals surface area contributed by atoms with E-state index in [0.29, 0.717) is 23.8 Å². The van der Waals surface area contributed by atoms with E-state index < -0.39 is 0 Å². The summed E-state index contributed by atoms with van der Waals surface area (Å²) in [6.07, 6.45) is 5.13. The molecule has 2 heterocycles. The molecule has 6 rings (SSSR count). The molecule has 1 saturated heterocycles. The van der Waals surface area contributed by atoms with Gasteiger partial charge in [-0.25, -0.2) is 5.43 Å². The first-order valence-corrected chi connectivity index (χ1v) is 13.8. The Balaban J connectivity index is 0.00000337. The summed E-state index contributed by atoms with van der Waals surface area (Å²) in [6, 6.07) is 33.4. The van der Waals surface area contributed by atoms with Gasteiger partial charge in [-0.05, 0) is 60.6 Å². The van der Waals surface area contributed by atoms with Gasteiger partial charge in [0.25, 0.3) is 0 Å². The van der Waals surface area contributed by atoms with Crippen LogP contribution in [0.25, 0.3) is 10.8 Å². The van der Waals surface area contributed by atoms with Crippen LogP contribution in [-0.4, -0.2) is 34.3 Å². The number of aryl methyl sites for hydroxylation is 1. The molecule has 0 radical (unpaired) electrons. The molecule has 0 unspecified atom stereocenters. The maximum Gasteiger partial charge on any atom is 0.250 e. The van der Waals surface area contributed by atoms with Crippen LogP contribution in [0.1, 0.15) is 29.5 Å². The maximum absolute atomic E-state index is 4.79. The molecule has 0 atom stereocenters. The molecule has 2 N–H and O–H groups in total. The summed E-state index contributed by atoms with van der Waals surface area (Å²) in [5.74, 6) is 2.21. The van der Waals surface area contributed by atoms with Gasteiger partial charge in [-0.15, -0.1) is 12.4 Å². The van der Waals surface area contributed by atoms with Crippen LogP contribution >= 0.6 is 12.4 Å². The summed E-state index contributed by atoms with van der Waals surface area (Å²) in [5.41, 5.74) is 7.61. The van der Waals surface area contributed by atoms with Crippen molar-refractivity contribution in [2.24, 2.45) is 11.0 Å². The number of anilines is 4. The number of halogens is 1. The molecule has 5 aromatic rings. The predicted octanol–water partition coefficient (Wildman–Crippen LogP) is 7.40. The van der Waals surface area contributed by atoms with Gasteiger partial charge in [0.2, 0.25) is 17.8 Å². The lowest BCUT2D eigenvalue weighted by Crippen LogP contribution is -2.35. The van der Waals surface area contributed by atoms with Gasteiger partial charge in [0.05, 0.1) is 6.21 Å². The van der Waals surface area contributed by atoms with E-state index in [4.69, 9.17) is 9.97 Å². The second-order valence-corrected chi connectivity index (χ2v) is 10.3. The molecule has 1 aromatic heterocycles. The van der Waals surface area contributed by atoms with Crippen molar-refractivity contribution < 1.29 is 0 Å². The second kappa shape index (κ2) is 13.2. The number of rotatable bonds is 8. The Morgan fingerprint density at radius 3 is 2.32 bits per heavy atom. The van der Waals surface area contributed by atoms with Gasteiger partial charge in [0.15, 0.2) is 0 Å². The highest BCUT2D eigenvalue weighted by atomic mass is 35.5. The largest absolute Gasteiger partial charge is 0.341 e. The zero-order valence-electron chi connectivity index (χ0n) is 23.1. The lowest BCUT2D eigenvalue weighted by atomic mass is 9.90. The number of piperidine rings is 1. The van der Waals surface area contributed by atoms with Gasteiger partial charge in [0, 0.05) is 24.3 Å². The van der Waals surface area contributed by atoms with E-state index in [1.54, 1.807) is 0 Å². The van der Waals surface area contributed by atoms with Crippen LogP contribution in [0.5, 0.6) is 0 Å². The van der Waals surface area contributed by atoms with Crippen molar-refractivity contribution >= 4 is 52.9 Å². The third kappa shape index (κ3) is 7.18. The van der Waals surface area contributed by atoms with Gasteiger partial charge < -0.3 is 10.2 Å². The average Bonchev–Trinajstić information content (AvgIpc) is 2.99. The monoisotopic (exact) mass is 563 g/mol. The number of benzene rings is 4. The molecule has 41 heavy (non-hydrogen) atoms. The first-order valence-electron chi connectivity index (χ1n) is 13.8. The minimum atomic E-state index is 0. The second-order valence-electron chi connectivity index (χ2n) is 10.3. The predicted molar refractivity (Wildman–Crippen MR) is 172 cm³/mol. The Morgan fingerprint density at radius 1 is 0.805 bits per heavy atom. The minimum Gasteiger partial charge on any atom is -0.341 e.